The summed E-state index contributed by atoms with van der Waals surface area (Å²) >= 11 is 0. The molecule has 0 aliphatic heterocycles. The fourth-order valence-electron chi connectivity index (χ4n) is 5.35. The van der Waals surface area contributed by atoms with Gasteiger partial charge >= 0.3 is 0 Å². The van der Waals surface area contributed by atoms with E-state index >= 15 is 0 Å². The zero-order chi connectivity index (χ0) is 21.6. The molecule has 1 aromatic heterocycles. The van der Waals surface area contributed by atoms with Crippen molar-refractivity contribution in [2.45, 2.75) is 51.0 Å². The van der Waals surface area contributed by atoms with Crippen LogP contribution >= 0.6 is 0 Å². The summed E-state index contributed by atoms with van der Waals surface area (Å²) < 4.78 is 28.4. The highest BCUT2D eigenvalue weighted by Gasteiger charge is 2.52. The van der Waals surface area contributed by atoms with Gasteiger partial charge in [0.2, 0.25) is 0 Å². The van der Waals surface area contributed by atoms with Crippen LogP contribution in [0.4, 0.5) is 8.78 Å². The van der Waals surface area contributed by atoms with E-state index in [9.17, 15) is 13.9 Å². The van der Waals surface area contributed by atoms with Crippen molar-refractivity contribution in [2.75, 3.05) is 0 Å². The minimum Gasteiger partial charge on any atom is -0.389 e. The van der Waals surface area contributed by atoms with Gasteiger partial charge in [0.1, 0.15) is 11.6 Å². The second-order valence-corrected chi connectivity index (χ2v) is 9.13. The molecule has 1 fully saturated rings. The molecule has 5 rings (SSSR count). The van der Waals surface area contributed by atoms with Gasteiger partial charge in [-0.2, -0.15) is 5.10 Å². The van der Waals surface area contributed by atoms with Gasteiger partial charge in [0.15, 0.2) is 0 Å². The van der Waals surface area contributed by atoms with Crippen LogP contribution in [0.1, 0.15) is 49.4 Å². The normalized spacial score (nSPS) is 25.0. The smallest absolute Gasteiger partial charge is 0.123 e. The number of halogens is 2. The minimum absolute atomic E-state index is 0.240. The molecule has 3 nitrogen and oxygen atoms in total. The Kier molecular flexibility index (Phi) is 4.82. The van der Waals surface area contributed by atoms with Crippen LogP contribution < -0.4 is 0 Å². The molecule has 3 aromatic rings. The molecule has 2 aliphatic carbocycles. The van der Waals surface area contributed by atoms with Crippen molar-refractivity contribution in [1.82, 2.24) is 9.78 Å². The molecule has 2 aromatic carbocycles. The Labute approximate surface area is 181 Å². The van der Waals surface area contributed by atoms with Gasteiger partial charge in [-0.1, -0.05) is 24.6 Å². The van der Waals surface area contributed by atoms with E-state index in [0.717, 1.165) is 48.2 Å². The average molecular weight is 421 g/mol. The first-order chi connectivity index (χ1) is 14.9. The topological polar surface area (TPSA) is 38.0 Å². The third kappa shape index (κ3) is 3.41. The molecule has 31 heavy (non-hydrogen) atoms. The van der Waals surface area contributed by atoms with Crippen molar-refractivity contribution in [3.8, 4) is 5.69 Å². The molecule has 0 saturated heterocycles. The number of aryl methyl sites for hydroxylation is 1. The molecule has 0 bridgehead atoms. The molecule has 0 radical (unpaired) electrons. The third-order valence-corrected chi connectivity index (χ3v) is 7.33. The van der Waals surface area contributed by atoms with Gasteiger partial charge in [-0.3, -0.25) is 0 Å². The van der Waals surface area contributed by atoms with E-state index in [1.54, 1.807) is 24.3 Å². The predicted octanol–water partition coefficient (Wildman–Crippen LogP) is 5.64. The molecule has 0 amide bonds. The summed E-state index contributed by atoms with van der Waals surface area (Å²) in [5.74, 6) is -0.510. The number of aliphatic hydroxyl groups is 1. The fourth-order valence-corrected chi connectivity index (χ4v) is 5.35. The molecule has 0 spiro atoms. The molecule has 2 aliphatic rings. The number of fused-ring (bicyclic) bond motifs is 2. The van der Waals surface area contributed by atoms with Gasteiger partial charge in [-0.25, -0.2) is 13.5 Å². The molecule has 2 atom stereocenters. The van der Waals surface area contributed by atoms with Crippen molar-refractivity contribution >= 4 is 6.08 Å². The summed E-state index contributed by atoms with van der Waals surface area (Å²) in [5.41, 5.74) is 4.02. The van der Waals surface area contributed by atoms with Crippen molar-refractivity contribution in [1.29, 1.82) is 0 Å². The van der Waals surface area contributed by atoms with E-state index in [1.165, 1.54) is 29.8 Å². The molecule has 160 valence electrons. The lowest BCUT2D eigenvalue weighted by atomic mass is 9.56. The zero-order valence-electron chi connectivity index (χ0n) is 17.6. The second-order valence-electron chi connectivity index (χ2n) is 9.13. The first-order valence-electron chi connectivity index (χ1n) is 10.9. The summed E-state index contributed by atoms with van der Waals surface area (Å²) in [7, 11) is 0. The van der Waals surface area contributed by atoms with Crippen molar-refractivity contribution < 1.29 is 13.9 Å². The van der Waals surface area contributed by atoms with E-state index < -0.39 is 5.60 Å². The first kappa shape index (κ1) is 20.1. The van der Waals surface area contributed by atoms with Crippen LogP contribution in [0.2, 0.25) is 0 Å². The van der Waals surface area contributed by atoms with Gasteiger partial charge in [0.25, 0.3) is 0 Å². The Balaban J connectivity index is 1.45. The number of rotatable bonds is 4. The summed E-state index contributed by atoms with van der Waals surface area (Å²) in [6.45, 7) is 2.17. The lowest BCUT2D eigenvalue weighted by molar-refractivity contribution is -0.0843. The van der Waals surface area contributed by atoms with Gasteiger partial charge in [-0.15, -0.1) is 0 Å². The van der Waals surface area contributed by atoms with Crippen LogP contribution in [-0.4, -0.2) is 20.5 Å². The Bertz CT molecular complexity index is 1130. The average Bonchev–Trinajstić information content (AvgIpc) is 3.15. The number of benzene rings is 2. The minimum atomic E-state index is -0.832. The number of hydrogen-bond donors (Lipinski definition) is 1. The van der Waals surface area contributed by atoms with E-state index in [2.05, 4.69) is 18.1 Å². The number of nitrogens with zero attached hydrogens (tertiary/aromatic N) is 2. The first-order valence-corrected chi connectivity index (χ1v) is 10.9. The summed E-state index contributed by atoms with van der Waals surface area (Å²) in [5, 5.41) is 16.4. The maximum absolute atomic E-state index is 13.4. The Morgan fingerprint density at radius 1 is 1.03 bits per heavy atom. The maximum Gasteiger partial charge on any atom is 0.123 e. The molecular weight excluding hydrogens is 394 g/mol. The van der Waals surface area contributed by atoms with Gasteiger partial charge in [-0.05, 0) is 92.1 Å². The lowest BCUT2D eigenvalue weighted by Crippen LogP contribution is -2.52. The van der Waals surface area contributed by atoms with Crippen LogP contribution in [0, 0.1) is 17.0 Å². The number of aromatic nitrogens is 2. The highest BCUT2D eigenvalue weighted by molar-refractivity contribution is 5.62. The van der Waals surface area contributed by atoms with Gasteiger partial charge in [0, 0.05) is 5.41 Å². The SMILES string of the molecule is C[C@]12Cc3cnn(-c4ccc(F)cc4)c3C=C1CCC[C@@]2(O)CCc1ccc(F)cc1. The molecule has 1 saturated carbocycles. The van der Waals surface area contributed by atoms with Crippen LogP contribution in [-0.2, 0) is 12.8 Å². The summed E-state index contributed by atoms with van der Waals surface area (Å²) in [6, 6.07) is 12.9. The monoisotopic (exact) mass is 420 g/mol. The van der Waals surface area contributed by atoms with Crippen molar-refractivity contribution in [2.24, 2.45) is 5.41 Å². The summed E-state index contributed by atoms with van der Waals surface area (Å²) in [6.07, 6.45) is 8.74. The van der Waals surface area contributed by atoms with Gasteiger partial charge in [0.05, 0.1) is 23.2 Å². The third-order valence-electron chi connectivity index (χ3n) is 7.33. The molecule has 5 heteroatoms. The van der Waals surface area contributed by atoms with Crippen LogP contribution in [0.3, 0.4) is 0 Å². The molecule has 1 heterocycles. The predicted molar refractivity (Wildman–Crippen MR) is 117 cm³/mol. The van der Waals surface area contributed by atoms with E-state index in [1.807, 2.05) is 10.9 Å². The largest absolute Gasteiger partial charge is 0.389 e. The maximum atomic E-state index is 13.4. The zero-order valence-corrected chi connectivity index (χ0v) is 17.6. The van der Waals surface area contributed by atoms with Crippen molar-refractivity contribution in [3.63, 3.8) is 0 Å². The highest BCUT2D eigenvalue weighted by Crippen LogP contribution is 2.54. The molecule has 1 N–H and O–H groups in total. The Hall–Kier alpha value is -2.79. The molecule has 0 unspecified atom stereocenters. The lowest BCUT2D eigenvalue weighted by Gasteiger charge is -2.52. The number of hydrogen-bond acceptors (Lipinski definition) is 2. The highest BCUT2D eigenvalue weighted by atomic mass is 19.1. The van der Waals surface area contributed by atoms with E-state index in [-0.39, 0.29) is 17.0 Å². The summed E-state index contributed by atoms with van der Waals surface area (Å²) in [4.78, 5) is 0. The molecular formula is C26H26F2N2O. The quantitative estimate of drug-likeness (QED) is 0.593. The second kappa shape index (κ2) is 7.41. The van der Waals surface area contributed by atoms with Crippen LogP contribution in [0.15, 0.2) is 60.3 Å². The van der Waals surface area contributed by atoms with Crippen LogP contribution in [0.25, 0.3) is 11.8 Å². The van der Waals surface area contributed by atoms with E-state index in [4.69, 9.17) is 0 Å². The van der Waals surface area contributed by atoms with Crippen molar-refractivity contribution in [3.05, 3.63) is 88.8 Å². The Morgan fingerprint density at radius 3 is 2.42 bits per heavy atom. The van der Waals surface area contributed by atoms with Gasteiger partial charge < -0.3 is 5.11 Å². The fraction of sp³-hybridized carbons (Fsp3) is 0.346. The van der Waals surface area contributed by atoms with Crippen LogP contribution in [0.5, 0.6) is 0 Å². The Morgan fingerprint density at radius 2 is 1.71 bits per heavy atom. The van der Waals surface area contributed by atoms with E-state index in [0.29, 0.717) is 12.8 Å². The standard InChI is InChI=1S/C26H26F2N2O/c1-25-16-19-17-29-30(23-10-8-22(28)9-11-23)24(19)15-20(25)3-2-13-26(25,31)14-12-18-4-6-21(27)7-5-18/h4-11,15,17,31H,2-3,12-14,16H2,1H3/t25-,26+/m0/s1.